The number of anilines is 1. The van der Waals surface area contributed by atoms with E-state index in [1.165, 1.54) is 36.3 Å². The van der Waals surface area contributed by atoms with Crippen molar-refractivity contribution in [2.45, 2.75) is 77.1 Å². The molecule has 354 valence electrons. The van der Waals surface area contributed by atoms with Crippen LogP contribution in [0.1, 0.15) is 81.0 Å². The van der Waals surface area contributed by atoms with Crippen LogP contribution < -0.4 is 15.4 Å². The lowest BCUT2D eigenvalue weighted by molar-refractivity contribution is -0.228. The maximum atomic E-state index is 14.2. The summed E-state index contributed by atoms with van der Waals surface area (Å²) in [6.45, 7) is 11.6. The van der Waals surface area contributed by atoms with Crippen molar-refractivity contribution in [1.82, 2.24) is 20.3 Å². The number of nitrogens with zero attached hydrogens (tertiary/aromatic N) is 4. The maximum Gasteiger partial charge on any atom is 0.418 e. The van der Waals surface area contributed by atoms with Gasteiger partial charge in [0.05, 0.1) is 11.5 Å². The number of benzene rings is 4. The van der Waals surface area contributed by atoms with Crippen molar-refractivity contribution in [3.05, 3.63) is 148 Å². The summed E-state index contributed by atoms with van der Waals surface area (Å²) in [6.07, 6.45) is 0.840. The molecule has 1 fully saturated rings. The lowest BCUT2D eigenvalue weighted by Gasteiger charge is -2.50. The van der Waals surface area contributed by atoms with Gasteiger partial charge in [0.25, 0.3) is 5.91 Å². The number of hydrogen-bond donors (Lipinski definition) is 3. The van der Waals surface area contributed by atoms with Gasteiger partial charge in [0, 0.05) is 38.0 Å². The summed E-state index contributed by atoms with van der Waals surface area (Å²) < 4.78 is 48.1. The smallest absolute Gasteiger partial charge is 0.418 e. The number of hydroxylamine groups is 2. The zero-order valence-corrected chi connectivity index (χ0v) is 39.8. The van der Waals surface area contributed by atoms with E-state index in [0.717, 1.165) is 49.2 Å². The van der Waals surface area contributed by atoms with Crippen molar-refractivity contribution >= 4 is 50.4 Å². The molecule has 2 amide bonds. The van der Waals surface area contributed by atoms with Gasteiger partial charge in [-0.2, -0.15) is 13.5 Å². The van der Waals surface area contributed by atoms with E-state index < -0.39 is 50.8 Å². The molecule has 5 aromatic rings. The van der Waals surface area contributed by atoms with Gasteiger partial charge in [0.1, 0.15) is 29.2 Å². The molecule has 0 spiro atoms. The first kappa shape index (κ1) is 48.7. The summed E-state index contributed by atoms with van der Waals surface area (Å²) in [5.74, 6) is -1.73. The Bertz CT molecular complexity index is 2560. The normalized spacial score (nSPS) is 16.4. The van der Waals surface area contributed by atoms with Gasteiger partial charge in [-0.3, -0.25) is 19.0 Å². The zero-order valence-electron chi connectivity index (χ0n) is 38.1. The van der Waals surface area contributed by atoms with Crippen LogP contribution in [0.2, 0.25) is 0 Å². The Kier molecular flexibility index (Phi) is 15.1. The molecule has 2 aliphatic rings. The molecule has 4 aromatic carbocycles. The lowest BCUT2D eigenvalue weighted by atomic mass is 9.74. The number of nitrogens with one attached hydrogen (secondary N) is 2. The van der Waals surface area contributed by atoms with Crippen LogP contribution in [0.5, 0.6) is 5.75 Å². The Hall–Kier alpha value is -6.18. The Morgan fingerprint density at radius 3 is 2.12 bits per heavy atom. The Morgan fingerprint density at radius 2 is 1.54 bits per heavy atom. The summed E-state index contributed by atoms with van der Waals surface area (Å²) in [5.41, 5.74) is 2.55. The van der Waals surface area contributed by atoms with E-state index in [9.17, 15) is 27.4 Å². The second-order valence-electron chi connectivity index (χ2n) is 17.8. The number of carbonyl (C=O) groups is 3. The number of β-lactam (4-membered cyclic amide) rings is 1. The highest BCUT2D eigenvalue weighted by atomic mass is 32.3. The van der Waals surface area contributed by atoms with Gasteiger partial charge in [-0.25, -0.2) is 9.78 Å². The van der Waals surface area contributed by atoms with E-state index in [1.807, 2.05) is 130 Å². The highest BCUT2D eigenvalue weighted by Crippen LogP contribution is 2.42. The van der Waals surface area contributed by atoms with E-state index in [-0.39, 0.29) is 31.0 Å². The second kappa shape index (κ2) is 20.8. The summed E-state index contributed by atoms with van der Waals surface area (Å²) in [4.78, 5) is 52.3. The fourth-order valence-electron chi connectivity index (χ4n) is 8.25. The van der Waals surface area contributed by atoms with E-state index in [4.69, 9.17) is 19.3 Å². The fourth-order valence-corrected chi connectivity index (χ4v) is 9.46. The zero-order chi connectivity index (χ0) is 47.8. The molecule has 1 aromatic heterocycles. The number of thiazole rings is 1. The van der Waals surface area contributed by atoms with Crippen molar-refractivity contribution in [2.75, 3.05) is 38.2 Å². The van der Waals surface area contributed by atoms with Crippen LogP contribution in [0.4, 0.5) is 9.93 Å². The van der Waals surface area contributed by atoms with Crippen molar-refractivity contribution in [1.29, 1.82) is 0 Å². The Morgan fingerprint density at radius 1 is 0.910 bits per heavy atom. The average molecular weight is 953 g/mol. The number of fused-ring (bicyclic) bond motifs is 1. The number of Topliss-reactive ketones (excluding diaryl/α,β-unsaturated/α-hetero) is 1. The van der Waals surface area contributed by atoms with E-state index in [1.54, 1.807) is 5.38 Å². The van der Waals surface area contributed by atoms with Crippen LogP contribution in [-0.2, 0) is 52.4 Å². The molecule has 0 saturated carbocycles. The minimum absolute atomic E-state index is 0.0306. The van der Waals surface area contributed by atoms with Gasteiger partial charge >= 0.3 is 16.5 Å². The lowest BCUT2D eigenvalue weighted by Crippen LogP contribution is -2.68. The van der Waals surface area contributed by atoms with Crippen molar-refractivity contribution < 1.29 is 45.9 Å². The molecule has 7 rings (SSSR count). The molecule has 3 heterocycles. The van der Waals surface area contributed by atoms with Gasteiger partial charge in [-0.05, 0) is 87.4 Å². The van der Waals surface area contributed by atoms with Crippen LogP contribution in [0.15, 0.2) is 120 Å². The number of ketones is 1. The third kappa shape index (κ3) is 12.1. The fraction of sp³-hybridized carbons (Fsp3) is 0.367. The van der Waals surface area contributed by atoms with Crippen LogP contribution in [0.25, 0.3) is 0 Å². The van der Waals surface area contributed by atoms with Crippen LogP contribution in [-0.4, -0.2) is 95.4 Å². The van der Waals surface area contributed by atoms with Crippen molar-refractivity contribution in [3.8, 4) is 5.75 Å². The molecule has 0 bridgehead atoms. The summed E-state index contributed by atoms with van der Waals surface area (Å²) in [6, 6.07) is 35.9. The largest absolute Gasteiger partial charge is 0.490 e. The average Bonchev–Trinajstić information content (AvgIpc) is 3.76. The monoisotopic (exact) mass is 952 g/mol. The molecule has 18 heteroatoms. The topological polar surface area (TPSA) is 198 Å². The predicted octanol–water partition coefficient (Wildman–Crippen LogP) is 7.55. The van der Waals surface area contributed by atoms with E-state index >= 15 is 0 Å². The highest BCUT2D eigenvalue weighted by molar-refractivity contribution is 7.80. The molecule has 0 radical (unpaired) electrons. The highest BCUT2D eigenvalue weighted by Gasteiger charge is 2.57. The quantitative estimate of drug-likeness (QED) is 0.0173. The van der Waals surface area contributed by atoms with Gasteiger partial charge in [0.2, 0.25) is 0 Å². The molecule has 16 nitrogen and oxygen atoms in total. The van der Waals surface area contributed by atoms with Crippen LogP contribution in [0, 0.1) is 5.92 Å². The maximum absolute atomic E-state index is 14.2. The summed E-state index contributed by atoms with van der Waals surface area (Å²) in [5, 5.41) is 13.5. The minimum Gasteiger partial charge on any atom is -0.490 e. The predicted molar refractivity (Wildman–Crippen MR) is 254 cm³/mol. The van der Waals surface area contributed by atoms with Gasteiger partial charge in [-0.1, -0.05) is 102 Å². The minimum atomic E-state index is -4.99. The SMILES string of the molecule is CC(C)(C)OC(=O)NCCCN1CCc2cc(OCCO/N=C(\C(=O)C[C@@H]3C(=O)N(OS(=O)(=O)O)C3(C)C)c3csc(NC(c4ccccc4)(c4ccccc4)c4ccccc4)n3)ccc2C1. The first-order valence-electron chi connectivity index (χ1n) is 22.0. The number of oxime groups is 1. The second-order valence-corrected chi connectivity index (χ2v) is 19.7. The van der Waals surface area contributed by atoms with Gasteiger partial charge < -0.3 is 24.9 Å². The molecule has 1 atom stereocenters. The molecule has 2 aliphatic heterocycles. The van der Waals surface area contributed by atoms with Crippen molar-refractivity contribution in [3.63, 3.8) is 0 Å². The number of alkyl carbamates (subject to hydrolysis) is 1. The Balaban J connectivity index is 1.05. The number of rotatable bonds is 20. The van der Waals surface area contributed by atoms with Crippen molar-refractivity contribution in [2.24, 2.45) is 11.1 Å². The number of aromatic nitrogens is 1. The third-order valence-electron chi connectivity index (χ3n) is 11.5. The third-order valence-corrected chi connectivity index (χ3v) is 12.6. The van der Waals surface area contributed by atoms with Crippen LogP contribution in [0.3, 0.4) is 0 Å². The molecule has 3 N–H and O–H groups in total. The van der Waals surface area contributed by atoms with E-state index in [0.29, 0.717) is 22.5 Å². The summed E-state index contributed by atoms with van der Waals surface area (Å²) >= 11 is 1.26. The van der Waals surface area contributed by atoms with Gasteiger partial charge in [0.15, 0.2) is 23.2 Å². The Labute approximate surface area is 395 Å². The van der Waals surface area contributed by atoms with Crippen LogP contribution >= 0.6 is 11.3 Å². The number of hydrogen-bond acceptors (Lipinski definition) is 14. The molecule has 67 heavy (non-hydrogen) atoms. The number of carbonyl (C=O) groups excluding carboxylic acids is 3. The summed E-state index contributed by atoms with van der Waals surface area (Å²) in [7, 11) is -4.99. The van der Waals surface area contributed by atoms with E-state index in [2.05, 4.69) is 25.0 Å². The number of ether oxygens (including phenoxy) is 2. The standard InChI is InChI=1S/C49H56N6O10S2/c1-47(2,3)64-46(58)50-25-15-26-54-27-24-34-30-39(23-22-35(34)32-54)62-28-29-63-53-43(42(56)31-40-44(57)55(48(40,4)5)65-67(59,60)61)41-33-66-45(51-41)52-49(36-16-9-6-10-17-36,37-18-11-7-12-19-37)38-20-13-8-14-21-38/h6-14,16-23,30,33,40H,15,24-29,31-32H2,1-5H3,(H,50,58)(H,51,52)(H,59,60,61)/b53-43-/t40-/m1/s1. The number of amides is 2. The first-order valence-corrected chi connectivity index (χ1v) is 24.3. The molecule has 0 unspecified atom stereocenters. The van der Waals surface area contributed by atoms with Gasteiger partial charge in [-0.15, -0.1) is 15.6 Å². The molecular formula is C49H56N6O10S2. The molecular weight excluding hydrogens is 897 g/mol. The molecule has 1 saturated heterocycles. The first-order chi connectivity index (χ1) is 31.9. The molecule has 0 aliphatic carbocycles.